The molecule has 0 aliphatic heterocycles. The first-order valence-corrected chi connectivity index (χ1v) is 8.29. The lowest BCUT2D eigenvalue weighted by Crippen LogP contribution is -3.08. The molecule has 2 N–H and O–H groups in total. The monoisotopic (exact) mass is 319 g/mol. The van der Waals surface area contributed by atoms with Crippen LogP contribution >= 0.6 is 11.8 Å². The van der Waals surface area contributed by atoms with Gasteiger partial charge >= 0.3 is 0 Å². The molecule has 3 nitrogen and oxygen atoms in total. The number of amides is 1. The second kappa shape index (κ2) is 7.96. The first-order valence-electron chi connectivity index (χ1n) is 7.07. The van der Waals surface area contributed by atoms with Gasteiger partial charge in [0.05, 0.1) is 12.7 Å². The smallest absolute Gasteiger partial charge is 0.279 e. The summed E-state index contributed by atoms with van der Waals surface area (Å²) in [6.07, 6.45) is 1.98. The summed E-state index contributed by atoms with van der Waals surface area (Å²) in [6.45, 7) is 1.04. The maximum Gasteiger partial charge on any atom is 0.279 e. The average molecular weight is 319 g/mol. The fraction of sp³-hybridized carbons (Fsp3) is 0.235. The highest BCUT2D eigenvalue weighted by atomic mass is 32.2. The van der Waals surface area contributed by atoms with E-state index in [1.807, 2.05) is 37.6 Å². The molecule has 0 spiro atoms. The molecule has 0 aromatic heterocycles. The van der Waals surface area contributed by atoms with Gasteiger partial charge in [-0.1, -0.05) is 24.3 Å². The van der Waals surface area contributed by atoms with Gasteiger partial charge in [-0.25, -0.2) is 4.39 Å². The Morgan fingerprint density at radius 2 is 1.86 bits per heavy atom. The van der Waals surface area contributed by atoms with Crippen molar-refractivity contribution in [1.82, 2.24) is 0 Å². The van der Waals surface area contributed by atoms with E-state index in [0.29, 0.717) is 13.1 Å². The SMILES string of the molecule is CSc1ccccc1NC(=O)C[NH+](C)Cc1ccc(F)cc1. The largest absolute Gasteiger partial charge is 0.326 e. The number of nitrogens with one attached hydrogen (secondary N) is 2. The Morgan fingerprint density at radius 3 is 2.55 bits per heavy atom. The zero-order valence-electron chi connectivity index (χ0n) is 12.7. The number of quaternary nitrogens is 1. The molecule has 0 radical (unpaired) electrons. The van der Waals surface area contributed by atoms with Crippen LogP contribution in [0.25, 0.3) is 0 Å². The molecule has 2 rings (SSSR count). The molecule has 1 unspecified atom stereocenters. The fourth-order valence-electron chi connectivity index (χ4n) is 2.23. The van der Waals surface area contributed by atoms with Crippen LogP contribution in [-0.4, -0.2) is 25.8 Å². The molecule has 1 atom stereocenters. The van der Waals surface area contributed by atoms with Crippen LogP contribution in [0.1, 0.15) is 5.56 Å². The molecule has 2 aromatic carbocycles. The van der Waals surface area contributed by atoms with Gasteiger partial charge in [0.15, 0.2) is 6.54 Å². The summed E-state index contributed by atoms with van der Waals surface area (Å²) in [5.74, 6) is -0.270. The standard InChI is InChI=1S/C17H19FN2OS/c1-20(11-13-7-9-14(18)10-8-13)12-17(21)19-15-5-3-4-6-16(15)22-2/h3-10H,11-12H2,1-2H3,(H,19,21)/p+1. The number of likely N-dealkylation sites (N-methyl/N-ethyl adjacent to an activating group) is 1. The molecule has 0 bridgehead atoms. The minimum atomic E-state index is -0.243. The van der Waals surface area contributed by atoms with Crippen LogP contribution in [0.4, 0.5) is 10.1 Å². The zero-order chi connectivity index (χ0) is 15.9. The van der Waals surface area contributed by atoms with Crippen LogP contribution in [0.3, 0.4) is 0 Å². The van der Waals surface area contributed by atoms with Crippen molar-refractivity contribution in [2.45, 2.75) is 11.4 Å². The Kier molecular flexibility index (Phi) is 5.98. The topological polar surface area (TPSA) is 33.5 Å². The number of para-hydroxylation sites is 1. The van der Waals surface area contributed by atoms with Crippen molar-refractivity contribution in [2.75, 3.05) is 25.2 Å². The highest BCUT2D eigenvalue weighted by Crippen LogP contribution is 2.24. The number of carbonyl (C=O) groups is 1. The van der Waals surface area contributed by atoms with Crippen molar-refractivity contribution in [1.29, 1.82) is 0 Å². The number of hydrogen-bond donors (Lipinski definition) is 2. The molecular formula is C17H20FN2OS+. The Labute approximate surface area is 134 Å². The van der Waals surface area contributed by atoms with Crippen LogP contribution in [-0.2, 0) is 11.3 Å². The molecule has 0 aliphatic carbocycles. The number of anilines is 1. The summed E-state index contributed by atoms with van der Waals surface area (Å²) in [7, 11) is 1.95. The van der Waals surface area contributed by atoms with Gasteiger partial charge in [-0.05, 0) is 30.5 Å². The summed E-state index contributed by atoms with van der Waals surface area (Å²) >= 11 is 1.60. The molecule has 0 fully saturated rings. The highest BCUT2D eigenvalue weighted by molar-refractivity contribution is 7.98. The molecule has 2 aromatic rings. The molecule has 0 saturated heterocycles. The van der Waals surface area contributed by atoms with Crippen LogP contribution in [0.5, 0.6) is 0 Å². The average Bonchev–Trinajstić information content (AvgIpc) is 2.50. The van der Waals surface area contributed by atoms with Crippen molar-refractivity contribution >= 4 is 23.4 Å². The molecule has 0 heterocycles. The van der Waals surface area contributed by atoms with Gasteiger partial charge in [0.25, 0.3) is 5.91 Å². The summed E-state index contributed by atoms with van der Waals surface area (Å²) in [5.41, 5.74) is 1.85. The first-order chi connectivity index (χ1) is 10.6. The van der Waals surface area contributed by atoms with E-state index in [-0.39, 0.29) is 11.7 Å². The Balaban J connectivity index is 1.89. The second-order valence-electron chi connectivity index (χ2n) is 5.19. The molecule has 116 valence electrons. The van der Waals surface area contributed by atoms with Gasteiger partial charge in [0.2, 0.25) is 0 Å². The molecule has 0 saturated carbocycles. The minimum absolute atomic E-state index is 0.0267. The van der Waals surface area contributed by atoms with Gasteiger partial charge in [-0.3, -0.25) is 4.79 Å². The fourth-order valence-corrected chi connectivity index (χ4v) is 2.78. The lowest BCUT2D eigenvalue weighted by molar-refractivity contribution is -0.885. The third kappa shape index (κ3) is 4.86. The second-order valence-corrected chi connectivity index (χ2v) is 6.03. The number of thioether (sulfide) groups is 1. The van der Waals surface area contributed by atoms with Crippen LogP contribution in [0.15, 0.2) is 53.4 Å². The number of carbonyl (C=O) groups excluding carboxylic acids is 1. The maximum atomic E-state index is 12.9. The van der Waals surface area contributed by atoms with E-state index < -0.39 is 0 Å². The summed E-state index contributed by atoms with van der Waals surface area (Å²) < 4.78 is 12.9. The van der Waals surface area contributed by atoms with Crippen molar-refractivity contribution < 1.29 is 14.1 Å². The van der Waals surface area contributed by atoms with E-state index >= 15 is 0 Å². The van der Waals surface area contributed by atoms with Crippen LogP contribution in [0, 0.1) is 5.82 Å². The van der Waals surface area contributed by atoms with E-state index in [2.05, 4.69) is 5.32 Å². The van der Waals surface area contributed by atoms with Crippen molar-refractivity contribution in [3.8, 4) is 0 Å². The van der Waals surface area contributed by atoms with Crippen LogP contribution in [0.2, 0.25) is 0 Å². The first kappa shape index (κ1) is 16.5. The number of hydrogen-bond acceptors (Lipinski definition) is 2. The Morgan fingerprint density at radius 1 is 1.18 bits per heavy atom. The molecule has 1 amide bonds. The Hall–Kier alpha value is -1.85. The maximum absolute atomic E-state index is 12.9. The van der Waals surface area contributed by atoms with E-state index in [1.165, 1.54) is 12.1 Å². The third-order valence-electron chi connectivity index (χ3n) is 3.26. The highest BCUT2D eigenvalue weighted by Gasteiger charge is 2.12. The van der Waals surface area contributed by atoms with Crippen molar-refractivity contribution in [3.05, 3.63) is 59.9 Å². The van der Waals surface area contributed by atoms with E-state index in [9.17, 15) is 9.18 Å². The number of halogens is 1. The van der Waals surface area contributed by atoms with Crippen molar-refractivity contribution in [3.63, 3.8) is 0 Å². The third-order valence-corrected chi connectivity index (χ3v) is 4.06. The van der Waals surface area contributed by atoms with E-state index in [1.54, 1.807) is 23.9 Å². The quantitative estimate of drug-likeness (QED) is 0.801. The van der Waals surface area contributed by atoms with Gasteiger partial charge in [0.1, 0.15) is 12.4 Å². The minimum Gasteiger partial charge on any atom is -0.326 e. The van der Waals surface area contributed by atoms with Gasteiger partial charge in [-0.15, -0.1) is 11.8 Å². The molecule has 22 heavy (non-hydrogen) atoms. The summed E-state index contributed by atoms with van der Waals surface area (Å²) in [5, 5.41) is 2.95. The molecule has 5 heteroatoms. The lowest BCUT2D eigenvalue weighted by atomic mass is 10.2. The molecular weight excluding hydrogens is 299 g/mol. The van der Waals surface area contributed by atoms with Gasteiger partial charge < -0.3 is 10.2 Å². The summed E-state index contributed by atoms with van der Waals surface area (Å²) in [4.78, 5) is 14.2. The number of rotatable bonds is 6. The predicted octanol–water partition coefficient (Wildman–Crippen LogP) is 2.20. The predicted molar refractivity (Wildman–Crippen MR) is 88.7 cm³/mol. The van der Waals surface area contributed by atoms with Gasteiger partial charge in [0, 0.05) is 10.5 Å². The van der Waals surface area contributed by atoms with E-state index in [4.69, 9.17) is 0 Å². The Bertz CT molecular complexity index is 631. The van der Waals surface area contributed by atoms with Gasteiger partial charge in [-0.2, -0.15) is 0 Å². The van der Waals surface area contributed by atoms with E-state index in [0.717, 1.165) is 21.0 Å². The zero-order valence-corrected chi connectivity index (χ0v) is 13.5. The van der Waals surface area contributed by atoms with Crippen molar-refractivity contribution in [2.24, 2.45) is 0 Å². The van der Waals surface area contributed by atoms with Crippen LogP contribution < -0.4 is 10.2 Å². The molecule has 0 aliphatic rings. The summed E-state index contributed by atoms with van der Waals surface area (Å²) in [6, 6.07) is 14.1. The lowest BCUT2D eigenvalue weighted by Gasteiger charge is -2.15. The number of benzene rings is 2. The normalized spacial score (nSPS) is 12.0.